The van der Waals surface area contributed by atoms with Crippen LogP contribution < -0.4 is 5.46 Å². The van der Waals surface area contributed by atoms with Crippen LogP contribution in [-0.4, -0.2) is 85.8 Å². The summed E-state index contributed by atoms with van der Waals surface area (Å²) in [6.45, 7) is -0.408. The fourth-order valence-electron chi connectivity index (χ4n) is 6.04. The molecule has 0 radical (unpaired) electrons. The van der Waals surface area contributed by atoms with E-state index in [4.69, 9.17) is 14.0 Å². The van der Waals surface area contributed by atoms with Gasteiger partial charge in [0.25, 0.3) is 10.1 Å². The molecule has 0 aromatic heterocycles. The van der Waals surface area contributed by atoms with E-state index in [2.05, 4.69) is 0 Å². The molecule has 0 heterocycles. The molecule has 9 nitrogen and oxygen atoms in total. The third-order valence-corrected chi connectivity index (χ3v) is 8.21. The van der Waals surface area contributed by atoms with Gasteiger partial charge in [-0.25, -0.2) is 9.59 Å². The Bertz CT molecular complexity index is 1140. The van der Waals surface area contributed by atoms with Crippen molar-refractivity contribution in [1.82, 2.24) is 0 Å². The van der Waals surface area contributed by atoms with E-state index in [1.807, 2.05) is 23.5 Å². The molecule has 0 spiro atoms. The minimum Gasteiger partial charge on any atom is -0.478 e. The van der Waals surface area contributed by atoms with Gasteiger partial charge in [0, 0.05) is 0 Å². The third-order valence-electron chi connectivity index (χ3n) is 7.53. The van der Waals surface area contributed by atoms with Crippen LogP contribution in [-0.2, 0) is 43.3 Å². The number of fused-ring (bicyclic) bond motifs is 2. The summed E-state index contributed by atoms with van der Waals surface area (Å²) in [4.78, 5) is 38.0. The summed E-state index contributed by atoms with van der Waals surface area (Å²) in [6, 6.07) is 0. The van der Waals surface area contributed by atoms with Crippen LogP contribution in [0.3, 0.4) is 0 Å². The molecular formula is C21H30B4O9S. The molecule has 0 aliphatic heterocycles. The maximum Gasteiger partial charge on any atom is 0.339 e. The molecule has 1 aromatic rings. The predicted molar refractivity (Wildman–Crippen MR) is 139 cm³/mol. The van der Waals surface area contributed by atoms with Crippen molar-refractivity contribution in [3.63, 3.8) is 0 Å². The molecule has 0 saturated heterocycles. The van der Waals surface area contributed by atoms with Gasteiger partial charge in [-0.05, 0) is 36.7 Å². The van der Waals surface area contributed by atoms with Crippen LogP contribution in [0.15, 0.2) is 0 Å². The Morgan fingerprint density at radius 3 is 2.03 bits per heavy atom. The Morgan fingerprint density at radius 2 is 1.54 bits per heavy atom. The lowest BCUT2D eigenvalue weighted by Crippen LogP contribution is -2.34. The summed E-state index contributed by atoms with van der Waals surface area (Å²) in [5.41, 5.74) is 3.43. The maximum atomic E-state index is 13.4. The fourth-order valence-corrected chi connectivity index (χ4v) is 6.34. The van der Waals surface area contributed by atoms with Crippen LogP contribution in [0, 0.1) is 17.8 Å². The van der Waals surface area contributed by atoms with Crippen LogP contribution in [0.2, 0.25) is 0 Å². The van der Waals surface area contributed by atoms with Gasteiger partial charge in [0.05, 0.1) is 17.0 Å². The molecule has 4 atom stereocenters. The number of ether oxygens (including phenoxy) is 2. The highest BCUT2D eigenvalue weighted by atomic mass is 32.2. The molecule has 0 amide bonds. The number of carboxylic acid groups (broad SMARTS) is 1. The lowest BCUT2D eigenvalue weighted by atomic mass is 9.70. The third kappa shape index (κ3) is 5.63. The van der Waals surface area contributed by atoms with Crippen LogP contribution >= 0.6 is 0 Å². The number of hydrogen-bond donors (Lipinski definition) is 2. The lowest BCUT2D eigenvalue weighted by molar-refractivity contribution is -0.150. The highest BCUT2D eigenvalue weighted by molar-refractivity contribution is 7.85. The number of rotatable bonds is 10. The summed E-state index contributed by atoms with van der Waals surface area (Å²) in [5, 5.41) is 9.97. The van der Waals surface area contributed by atoms with Crippen LogP contribution in [0.4, 0.5) is 0 Å². The Morgan fingerprint density at radius 1 is 0.914 bits per heavy atom. The zero-order valence-corrected chi connectivity index (χ0v) is 21.4. The van der Waals surface area contributed by atoms with Crippen LogP contribution in [0.5, 0.6) is 0 Å². The highest BCUT2D eigenvalue weighted by Gasteiger charge is 2.51. The van der Waals surface area contributed by atoms with E-state index >= 15 is 0 Å². The van der Waals surface area contributed by atoms with Gasteiger partial charge in [0.1, 0.15) is 49.8 Å². The Balaban J connectivity index is 1.77. The second-order valence-corrected chi connectivity index (χ2v) is 11.0. The molecule has 2 aliphatic carbocycles. The number of hydrogen-bond acceptors (Lipinski definition) is 7. The molecule has 2 fully saturated rings. The molecule has 186 valence electrons. The average molecular weight is 502 g/mol. The maximum absolute atomic E-state index is 13.4. The zero-order chi connectivity index (χ0) is 26.1. The second kappa shape index (κ2) is 10.8. The van der Waals surface area contributed by atoms with E-state index in [9.17, 15) is 27.9 Å². The van der Waals surface area contributed by atoms with Gasteiger partial charge in [0.2, 0.25) is 0 Å². The number of esters is 2. The molecule has 2 saturated carbocycles. The summed E-state index contributed by atoms with van der Waals surface area (Å²) in [5.74, 6) is -3.46. The molecule has 4 unspecified atom stereocenters. The Kier molecular flexibility index (Phi) is 8.47. The van der Waals surface area contributed by atoms with E-state index < -0.39 is 52.4 Å². The van der Waals surface area contributed by atoms with Crippen LogP contribution in [0.1, 0.15) is 56.7 Å². The van der Waals surface area contributed by atoms with Crippen molar-refractivity contribution in [3.8, 4) is 0 Å². The van der Waals surface area contributed by atoms with E-state index in [0.29, 0.717) is 43.7 Å². The quantitative estimate of drug-likeness (QED) is 0.195. The Labute approximate surface area is 209 Å². The van der Waals surface area contributed by atoms with Crippen molar-refractivity contribution >= 4 is 64.9 Å². The fraction of sp³-hybridized carbons (Fsp3) is 0.571. The number of benzene rings is 1. The minimum atomic E-state index is -4.21. The summed E-state index contributed by atoms with van der Waals surface area (Å²) in [7, 11) is 3.41. The summed E-state index contributed by atoms with van der Waals surface area (Å²) < 4.78 is 41.3. The molecule has 1 aromatic carbocycles. The van der Waals surface area contributed by atoms with Crippen molar-refractivity contribution in [2.45, 2.75) is 44.3 Å². The van der Waals surface area contributed by atoms with E-state index in [0.717, 1.165) is 16.7 Å². The molecular weight excluding hydrogens is 472 g/mol. The molecule has 2 bridgehead atoms. The smallest absolute Gasteiger partial charge is 0.339 e. The first kappa shape index (κ1) is 27.4. The van der Waals surface area contributed by atoms with Gasteiger partial charge < -0.3 is 14.6 Å². The number of carbonyl (C=O) groups is 3. The average Bonchev–Trinajstić information content (AvgIpc) is 3.37. The Hall–Kier alpha value is -2.20. The first-order valence-electron chi connectivity index (χ1n) is 12.2. The first-order valence-corrected chi connectivity index (χ1v) is 13.8. The molecule has 3 rings (SSSR count). The topological polar surface area (TPSA) is 144 Å². The van der Waals surface area contributed by atoms with E-state index in [-0.39, 0.29) is 23.0 Å². The normalized spacial score (nSPS) is 23.2. The van der Waals surface area contributed by atoms with Crippen LogP contribution in [0.25, 0.3) is 0 Å². The summed E-state index contributed by atoms with van der Waals surface area (Å²) in [6.07, 6.45) is 3.04. The highest BCUT2D eigenvalue weighted by Crippen LogP contribution is 2.50. The van der Waals surface area contributed by atoms with Crippen molar-refractivity contribution < 1.29 is 41.9 Å². The number of aromatic carboxylic acids is 1. The predicted octanol–water partition coefficient (Wildman–Crippen LogP) is -2.95. The molecule has 35 heavy (non-hydrogen) atoms. The van der Waals surface area contributed by atoms with Gasteiger partial charge in [-0.2, -0.15) is 8.42 Å². The van der Waals surface area contributed by atoms with Gasteiger partial charge in [0.15, 0.2) is 0 Å². The number of carbonyl (C=O) groups excluding carboxylic acids is 2. The first-order chi connectivity index (χ1) is 16.4. The summed E-state index contributed by atoms with van der Waals surface area (Å²) >= 11 is 0. The lowest BCUT2D eigenvalue weighted by Gasteiger charge is -2.28. The van der Waals surface area contributed by atoms with Crippen molar-refractivity contribution in [2.75, 3.05) is 12.4 Å². The van der Waals surface area contributed by atoms with Crippen molar-refractivity contribution in [3.05, 3.63) is 27.8 Å². The zero-order valence-electron chi connectivity index (χ0n) is 20.6. The van der Waals surface area contributed by atoms with Crippen molar-refractivity contribution in [1.29, 1.82) is 0 Å². The minimum absolute atomic E-state index is 0.00402. The monoisotopic (exact) mass is 502 g/mol. The van der Waals surface area contributed by atoms with E-state index in [1.165, 1.54) is 0 Å². The molecule has 14 heteroatoms. The van der Waals surface area contributed by atoms with Gasteiger partial charge >= 0.3 is 17.9 Å². The molecule has 2 aliphatic rings. The van der Waals surface area contributed by atoms with Gasteiger partial charge in [-0.1, -0.05) is 35.6 Å². The standard InChI is InChI=1S/C21H30B4O9S/c22-6-12-13(7-23)16(17(19(26)27)18(25)14(12)8-24)21(29)34-15-5-9-3-10(15)4-11(9)20(28)33-1-2-35(30,31)32/h9-11,15H,1-8,22-25H2,(H,26,27)(H,30,31,32). The van der Waals surface area contributed by atoms with Gasteiger partial charge in [-0.15, -0.1) is 0 Å². The largest absolute Gasteiger partial charge is 0.478 e. The SMILES string of the molecule is BCc1c(B)c(C(=O)O)c(C(=O)OC2CC3CC2CC3C(=O)OCCS(=O)(=O)O)c(CB)c1CB. The second-order valence-electron chi connectivity index (χ2n) is 9.41. The number of carboxylic acids is 1. The van der Waals surface area contributed by atoms with Gasteiger partial charge in [-0.3, -0.25) is 9.35 Å². The molecule has 2 N–H and O–H groups in total. The van der Waals surface area contributed by atoms with E-state index in [1.54, 1.807) is 7.85 Å². The van der Waals surface area contributed by atoms with Crippen molar-refractivity contribution in [2.24, 2.45) is 17.8 Å².